The first kappa shape index (κ1) is 25.1. The summed E-state index contributed by atoms with van der Waals surface area (Å²) < 4.78 is 5.92. The van der Waals surface area contributed by atoms with Gasteiger partial charge < -0.3 is 20.1 Å². The van der Waals surface area contributed by atoms with Gasteiger partial charge in [0.25, 0.3) is 5.91 Å². The highest BCUT2D eigenvalue weighted by atomic mass is 16.5. The zero-order chi connectivity index (χ0) is 25.7. The number of fused-ring (bicyclic) bond motifs is 1. The maximum absolute atomic E-state index is 13.4. The summed E-state index contributed by atoms with van der Waals surface area (Å²) in [7, 11) is 0. The molecule has 1 amide bonds. The molecule has 0 aliphatic heterocycles. The van der Waals surface area contributed by atoms with Crippen molar-refractivity contribution in [3.8, 4) is 17.6 Å². The molecule has 0 saturated heterocycles. The molecule has 184 valence electrons. The standard InChI is InChI=1S/C31H32N2O3/c1-20(2)36-30-15-13-23(12-14-24-9-7-8-21(3)22(24)4)16-28(30)31(35)33-26(19-34)17-25-18-32-29-11-6-5-10-27(25)29/h5-11,13,15-16,18,20,26,32,34H,17,19H2,1-4H3,(H,33,35). The number of aryl methyl sites for hydroxylation is 1. The zero-order valence-corrected chi connectivity index (χ0v) is 21.2. The van der Waals surface area contributed by atoms with Gasteiger partial charge in [0.2, 0.25) is 0 Å². The second-order valence-electron chi connectivity index (χ2n) is 9.29. The number of aliphatic hydroxyl groups is 1. The van der Waals surface area contributed by atoms with Crippen molar-refractivity contribution >= 4 is 16.8 Å². The molecule has 0 radical (unpaired) electrons. The number of H-pyrrole nitrogens is 1. The Morgan fingerprint density at radius 3 is 2.64 bits per heavy atom. The molecule has 36 heavy (non-hydrogen) atoms. The molecule has 0 spiro atoms. The lowest BCUT2D eigenvalue weighted by atomic mass is 10.0. The van der Waals surface area contributed by atoms with Crippen LogP contribution in [0.4, 0.5) is 0 Å². The van der Waals surface area contributed by atoms with Crippen molar-refractivity contribution in [2.75, 3.05) is 6.61 Å². The summed E-state index contributed by atoms with van der Waals surface area (Å²) in [5.41, 5.74) is 6.47. The molecule has 4 rings (SSSR count). The van der Waals surface area contributed by atoms with Gasteiger partial charge in [-0.3, -0.25) is 4.79 Å². The van der Waals surface area contributed by atoms with Crippen molar-refractivity contribution < 1.29 is 14.6 Å². The minimum Gasteiger partial charge on any atom is -0.490 e. The molecule has 1 heterocycles. The molecule has 1 atom stereocenters. The third-order valence-electron chi connectivity index (χ3n) is 6.23. The Labute approximate surface area is 212 Å². The molecule has 5 heteroatoms. The average Bonchev–Trinajstić information content (AvgIpc) is 3.27. The van der Waals surface area contributed by atoms with Crippen LogP contribution in [0.3, 0.4) is 0 Å². The van der Waals surface area contributed by atoms with Gasteiger partial charge in [-0.05, 0) is 81.1 Å². The third-order valence-corrected chi connectivity index (χ3v) is 6.23. The van der Waals surface area contributed by atoms with Gasteiger partial charge in [0, 0.05) is 28.2 Å². The van der Waals surface area contributed by atoms with E-state index in [0.717, 1.165) is 27.6 Å². The summed E-state index contributed by atoms with van der Waals surface area (Å²) in [6.07, 6.45) is 2.33. The van der Waals surface area contributed by atoms with Crippen molar-refractivity contribution in [1.29, 1.82) is 0 Å². The summed E-state index contributed by atoms with van der Waals surface area (Å²) in [5.74, 6) is 6.60. The SMILES string of the molecule is Cc1cccc(C#Cc2ccc(OC(C)C)c(C(=O)NC(CO)Cc3c[nH]c4ccccc34)c2)c1C. The van der Waals surface area contributed by atoms with E-state index in [2.05, 4.69) is 42.1 Å². The number of aliphatic hydroxyl groups excluding tert-OH is 1. The lowest BCUT2D eigenvalue weighted by Gasteiger charge is -2.19. The second-order valence-corrected chi connectivity index (χ2v) is 9.29. The largest absolute Gasteiger partial charge is 0.490 e. The van der Waals surface area contributed by atoms with Crippen LogP contribution in [0.5, 0.6) is 5.75 Å². The van der Waals surface area contributed by atoms with E-state index in [1.807, 2.05) is 62.5 Å². The number of ether oxygens (including phenoxy) is 1. The Bertz CT molecular complexity index is 1440. The first-order chi connectivity index (χ1) is 17.4. The van der Waals surface area contributed by atoms with Gasteiger partial charge in [-0.1, -0.05) is 42.2 Å². The number of rotatable bonds is 7. The predicted molar refractivity (Wildman–Crippen MR) is 144 cm³/mol. The molecule has 0 fully saturated rings. The minimum absolute atomic E-state index is 0.0942. The summed E-state index contributed by atoms with van der Waals surface area (Å²) in [6, 6.07) is 19.0. The van der Waals surface area contributed by atoms with E-state index in [-0.39, 0.29) is 18.6 Å². The van der Waals surface area contributed by atoms with E-state index >= 15 is 0 Å². The van der Waals surface area contributed by atoms with E-state index in [1.165, 1.54) is 5.56 Å². The summed E-state index contributed by atoms with van der Waals surface area (Å²) in [4.78, 5) is 16.6. The number of hydrogen-bond acceptors (Lipinski definition) is 3. The Morgan fingerprint density at radius 2 is 1.86 bits per heavy atom. The van der Waals surface area contributed by atoms with Gasteiger partial charge in [0.1, 0.15) is 5.75 Å². The van der Waals surface area contributed by atoms with Crippen molar-refractivity contribution in [3.63, 3.8) is 0 Å². The number of aromatic amines is 1. The number of carbonyl (C=O) groups is 1. The van der Waals surface area contributed by atoms with Gasteiger partial charge in [-0.15, -0.1) is 0 Å². The Morgan fingerprint density at radius 1 is 1.06 bits per heavy atom. The summed E-state index contributed by atoms with van der Waals surface area (Å²) in [6.45, 7) is 7.78. The maximum Gasteiger partial charge on any atom is 0.255 e. The molecule has 0 saturated carbocycles. The number of para-hydroxylation sites is 1. The average molecular weight is 481 g/mol. The van der Waals surface area contributed by atoms with Crippen LogP contribution in [0.25, 0.3) is 10.9 Å². The van der Waals surface area contributed by atoms with E-state index in [1.54, 1.807) is 12.1 Å². The number of aromatic nitrogens is 1. The molecular weight excluding hydrogens is 448 g/mol. The van der Waals surface area contributed by atoms with Crippen LogP contribution in [0.1, 0.15) is 52.0 Å². The zero-order valence-electron chi connectivity index (χ0n) is 21.2. The lowest BCUT2D eigenvalue weighted by Crippen LogP contribution is -2.39. The van der Waals surface area contributed by atoms with Crippen molar-refractivity contribution in [2.24, 2.45) is 0 Å². The monoisotopic (exact) mass is 480 g/mol. The van der Waals surface area contributed by atoms with Crippen LogP contribution >= 0.6 is 0 Å². The Balaban J connectivity index is 1.59. The van der Waals surface area contributed by atoms with E-state index < -0.39 is 6.04 Å². The number of carbonyl (C=O) groups excluding carboxylic acids is 1. The Kier molecular flexibility index (Phi) is 7.77. The highest BCUT2D eigenvalue weighted by Crippen LogP contribution is 2.23. The van der Waals surface area contributed by atoms with Crippen LogP contribution in [0.2, 0.25) is 0 Å². The fourth-order valence-corrected chi connectivity index (χ4v) is 4.16. The predicted octanol–water partition coefficient (Wildman–Crippen LogP) is 5.31. The highest BCUT2D eigenvalue weighted by molar-refractivity contribution is 5.97. The van der Waals surface area contributed by atoms with Crippen LogP contribution in [-0.4, -0.2) is 34.8 Å². The lowest BCUT2D eigenvalue weighted by molar-refractivity contribution is 0.0910. The minimum atomic E-state index is -0.451. The molecule has 3 aromatic carbocycles. The number of benzene rings is 3. The molecule has 4 aromatic rings. The molecule has 0 bridgehead atoms. The molecule has 3 N–H and O–H groups in total. The smallest absolute Gasteiger partial charge is 0.255 e. The maximum atomic E-state index is 13.4. The van der Waals surface area contributed by atoms with E-state index in [0.29, 0.717) is 23.3 Å². The number of nitrogens with one attached hydrogen (secondary N) is 2. The van der Waals surface area contributed by atoms with Crippen LogP contribution in [-0.2, 0) is 6.42 Å². The molecular formula is C31H32N2O3. The first-order valence-corrected chi connectivity index (χ1v) is 12.2. The van der Waals surface area contributed by atoms with Crippen LogP contribution in [0, 0.1) is 25.7 Å². The summed E-state index contributed by atoms with van der Waals surface area (Å²) >= 11 is 0. The quantitative estimate of drug-likeness (QED) is 0.314. The van der Waals surface area contributed by atoms with Crippen molar-refractivity contribution in [1.82, 2.24) is 10.3 Å². The normalized spacial score (nSPS) is 11.7. The first-order valence-electron chi connectivity index (χ1n) is 12.2. The van der Waals surface area contributed by atoms with Gasteiger partial charge in [-0.25, -0.2) is 0 Å². The molecule has 0 aliphatic carbocycles. The number of hydrogen-bond donors (Lipinski definition) is 3. The third kappa shape index (κ3) is 5.79. The fraction of sp³-hybridized carbons (Fsp3) is 0.258. The van der Waals surface area contributed by atoms with Gasteiger partial charge >= 0.3 is 0 Å². The topological polar surface area (TPSA) is 74.3 Å². The molecule has 1 unspecified atom stereocenters. The highest BCUT2D eigenvalue weighted by Gasteiger charge is 2.19. The van der Waals surface area contributed by atoms with Crippen LogP contribution < -0.4 is 10.1 Å². The van der Waals surface area contributed by atoms with Crippen molar-refractivity contribution in [3.05, 3.63) is 100 Å². The van der Waals surface area contributed by atoms with E-state index in [9.17, 15) is 9.90 Å². The van der Waals surface area contributed by atoms with Gasteiger partial charge in [0.15, 0.2) is 0 Å². The molecule has 1 aromatic heterocycles. The van der Waals surface area contributed by atoms with Gasteiger partial charge in [-0.2, -0.15) is 0 Å². The van der Waals surface area contributed by atoms with Crippen molar-refractivity contribution in [2.45, 2.75) is 46.3 Å². The van der Waals surface area contributed by atoms with E-state index in [4.69, 9.17) is 4.74 Å². The fourth-order valence-electron chi connectivity index (χ4n) is 4.16. The molecule has 0 aliphatic rings. The molecule has 5 nitrogen and oxygen atoms in total. The van der Waals surface area contributed by atoms with Crippen LogP contribution in [0.15, 0.2) is 66.9 Å². The Hall–Kier alpha value is -4.01. The number of amides is 1. The van der Waals surface area contributed by atoms with Gasteiger partial charge in [0.05, 0.1) is 24.3 Å². The second kappa shape index (κ2) is 11.2. The summed E-state index contributed by atoms with van der Waals surface area (Å²) in [5, 5.41) is 14.1.